The summed E-state index contributed by atoms with van der Waals surface area (Å²) < 4.78 is 6.14. The second-order valence-corrected chi connectivity index (χ2v) is 9.03. The Hall–Kier alpha value is -4.65. The summed E-state index contributed by atoms with van der Waals surface area (Å²) in [6, 6.07) is 19.1. The number of rotatable bonds is 0. The van der Waals surface area contributed by atoms with Gasteiger partial charge in [0, 0.05) is 40.6 Å². The third kappa shape index (κ3) is 1.87. The van der Waals surface area contributed by atoms with E-state index < -0.39 is 45.8 Å². The van der Waals surface area contributed by atoms with Crippen molar-refractivity contribution in [2.45, 2.75) is 11.0 Å². The number of benzene rings is 3. The molecule has 0 unspecified atom stereocenters. The summed E-state index contributed by atoms with van der Waals surface area (Å²) in [6.45, 7) is 0. The van der Waals surface area contributed by atoms with Crippen LogP contribution in [0.2, 0.25) is 0 Å². The average molecular weight is 461 g/mol. The van der Waals surface area contributed by atoms with Crippen molar-refractivity contribution < 1.29 is 28.7 Å². The van der Waals surface area contributed by atoms with Gasteiger partial charge in [0.2, 0.25) is 23.3 Å². The third-order valence-corrected chi connectivity index (χ3v) is 7.59. The minimum Gasteiger partial charge on any atom is -0.464 e. The molecular weight excluding hydrogens is 446 g/mol. The van der Waals surface area contributed by atoms with Crippen LogP contribution in [0.5, 0.6) is 0 Å². The molecule has 35 heavy (non-hydrogen) atoms. The first kappa shape index (κ1) is 19.8. The summed E-state index contributed by atoms with van der Waals surface area (Å²) in [4.78, 5) is 71.4. The number of carbonyl (C=O) groups is 5. The van der Waals surface area contributed by atoms with Gasteiger partial charge in [0.25, 0.3) is 5.60 Å². The average Bonchev–Trinajstić information content (AvgIpc) is 3.42. The van der Waals surface area contributed by atoms with Crippen molar-refractivity contribution in [3.63, 3.8) is 0 Å². The van der Waals surface area contributed by atoms with E-state index in [2.05, 4.69) is 0 Å². The van der Waals surface area contributed by atoms with E-state index in [4.69, 9.17) is 4.74 Å². The van der Waals surface area contributed by atoms with Crippen molar-refractivity contribution in [1.29, 1.82) is 0 Å². The van der Waals surface area contributed by atoms with Crippen LogP contribution in [-0.4, -0.2) is 41.7 Å². The van der Waals surface area contributed by atoms with Gasteiger partial charge in [0.05, 0.1) is 5.57 Å². The minimum absolute atomic E-state index is 0.0916. The van der Waals surface area contributed by atoms with Gasteiger partial charge in [-0.25, -0.2) is 0 Å². The van der Waals surface area contributed by atoms with E-state index >= 15 is 0 Å². The van der Waals surface area contributed by atoms with E-state index in [-0.39, 0.29) is 33.4 Å². The smallest absolute Gasteiger partial charge is 0.256 e. The van der Waals surface area contributed by atoms with E-state index in [0.717, 1.165) is 0 Å². The van der Waals surface area contributed by atoms with Gasteiger partial charge < -0.3 is 9.64 Å². The largest absolute Gasteiger partial charge is 0.464 e. The standard InChI is InChI=1S/C28H15NO6/c1-29-19-13-7-6-12-18(19)27(26(29)34)20-21(30)14-8-2-3-9-15(14)22(31)23(20)35-28(27)24(32)16-10-4-5-11-17(16)25(28)33/h2-13H,1H3/t27-/m0/s1. The fourth-order valence-corrected chi connectivity index (χ4v) is 6.13. The molecule has 0 fully saturated rings. The van der Waals surface area contributed by atoms with E-state index in [1.54, 1.807) is 48.5 Å². The van der Waals surface area contributed by atoms with Gasteiger partial charge in [-0.1, -0.05) is 66.7 Å². The Kier molecular flexibility index (Phi) is 3.43. The number of nitrogens with zero attached hydrogens (tertiary/aromatic N) is 1. The number of amides is 1. The van der Waals surface area contributed by atoms with E-state index in [1.165, 1.54) is 36.2 Å². The number of allylic oxidation sites excluding steroid dienone is 1. The third-order valence-electron chi connectivity index (χ3n) is 7.59. The first-order chi connectivity index (χ1) is 16.9. The predicted octanol–water partition coefficient (Wildman–Crippen LogP) is 3.08. The molecule has 0 bridgehead atoms. The van der Waals surface area contributed by atoms with Crippen LogP contribution in [0, 0.1) is 0 Å². The Balaban J connectivity index is 1.64. The first-order valence-corrected chi connectivity index (χ1v) is 11.1. The van der Waals surface area contributed by atoms with Crippen LogP contribution in [-0.2, 0) is 14.9 Å². The maximum absolute atomic E-state index is 14.3. The van der Waals surface area contributed by atoms with E-state index in [9.17, 15) is 24.0 Å². The molecule has 2 heterocycles. The summed E-state index contributed by atoms with van der Waals surface area (Å²) >= 11 is 0. The normalized spacial score (nSPS) is 23.1. The monoisotopic (exact) mass is 461 g/mol. The zero-order chi connectivity index (χ0) is 24.3. The summed E-state index contributed by atoms with van der Waals surface area (Å²) in [5.41, 5.74) is -3.72. The van der Waals surface area contributed by atoms with Gasteiger partial charge in [-0.3, -0.25) is 24.0 Å². The number of ketones is 4. The van der Waals surface area contributed by atoms with Crippen LogP contribution in [0.15, 0.2) is 84.1 Å². The minimum atomic E-state index is -2.44. The molecule has 2 aliphatic carbocycles. The number of hydrogen-bond donors (Lipinski definition) is 0. The number of anilines is 1. The summed E-state index contributed by atoms with van der Waals surface area (Å²) in [7, 11) is 1.52. The Labute approximate surface area is 198 Å². The molecule has 2 spiro atoms. The van der Waals surface area contributed by atoms with Crippen molar-refractivity contribution >= 4 is 34.7 Å². The summed E-state index contributed by atoms with van der Waals surface area (Å²) in [5.74, 6) is -3.81. The zero-order valence-electron chi connectivity index (χ0n) is 18.3. The maximum atomic E-state index is 14.3. The quantitative estimate of drug-likeness (QED) is 0.478. The highest BCUT2D eigenvalue weighted by Crippen LogP contribution is 2.63. The highest BCUT2D eigenvalue weighted by molar-refractivity contribution is 6.41. The Morgan fingerprint density at radius 1 is 0.657 bits per heavy atom. The van der Waals surface area contributed by atoms with Gasteiger partial charge in [0.1, 0.15) is 0 Å². The molecule has 1 atom stereocenters. The van der Waals surface area contributed by atoms with Crippen LogP contribution >= 0.6 is 0 Å². The molecule has 0 aromatic heterocycles. The molecule has 168 valence electrons. The highest BCUT2D eigenvalue weighted by atomic mass is 16.5. The van der Waals surface area contributed by atoms with Crippen molar-refractivity contribution in [3.05, 3.63) is 112 Å². The van der Waals surface area contributed by atoms with Gasteiger partial charge >= 0.3 is 0 Å². The molecule has 2 aliphatic heterocycles. The number of fused-ring (bicyclic) bond motifs is 6. The Morgan fingerprint density at radius 3 is 1.80 bits per heavy atom. The van der Waals surface area contributed by atoms with E-state index in [0.29, 0.717) is 5.69 Å². The molecule has 7 rings (SSSR count). The second-order valence-electron chi connectivity index (χ2n) is 9.03. The lowest BCUT2D eigenvalue weighted by molar-refractivity contribution is -0.125. The summed E-state index contributed by atoms with van der Waals surface area (Å²) in [5, 5.41) is 0. The maximum Gasteiger partial charge on any atom is 0.256 e. The summed E-state index contributed by atoms with van der Waals surface area (Å²) in [6.07, 6.45) is 0. The molecule has 0 radical (unpaired) electrons. The highest BCUT2D eigenvalue weighted by Gasteiger charge is 2.81. The SMILES string of the molecule is CN1C(=O)[C@@]2(C3=C(OC24C(=O)c2ccccc2C4=O)C(=O)c2ccccc2C3=O)c2ccccc21. The predicted molar refractivity (Wildman–Crippen MR) is 123 cm³/mol. The fourth-order valence-electron chi connectivity index (χ4n) is 6.13. The molecule has 4 aliphatic rings. The number of ether oxygens (including phenoxy) is 1. The van der Waals surface area contributed by atoms with Crippen LogP contribution < -0.4 is 4.90 Å². The van der Waals surface area contributed by atoms with Crippen molar-refractivity contribution in [2.75, 3.05) is 11.9 Å². The molecular formula is C28H15NO6. The number of para-hydroxylation sites is 1. The number of carbonyl (C=O) groups excluding carboxylic acids is 5. The molecule has 1 amide bonds. The molecule has 3 aromatic carbocycles. The molecule has 0 N–H and O–H groups in total. The van der Waals surface area contributed by atoms with Crippen molar-refractivity contribution in [1.82, 2.24) is 0 Å². The van der Waals surface area contributed by atoms with Crippen LogP contribution in [0.25, 0.3) is 0 Å². The molecule has 0 saturated heterocycles. The Bertz CT molecular complexity index is 1610. The number of likely N-dealkylation sites (N-methyl/N-ethyl adjacent to an activating group) is 1. The molecule has 7 nitrogen and oxygen atoms in total. The number of hydrogen-bond acceptors (Lipinski definition) is 6. The fraction of sp³-hybridized carbons (Fsp3) is 0.107. The van der Waals surface area contributed by atoms with E-state index in [1.807, 2.05) is 0 Å². The Morgan fingerprint density at radius 2 is 1.17 bits per heavy atom. The first-order valence-electron chi connectivity index (χ1n) is 11.1. The lowest BCUT2D eigenvalue weighted by atomic mass is 9.60. The van der Waals surface area contributed by atoms with Gasteiger partial charge in [-0.2, -0.15) is 0 Å². The van der Waals surface area contributed by atoms with Gasteiger partial charge in [0.15, 0.2) is 17.0 Å². The van der Waals surface area contributed by atoms with Crippen molar-refractivity contribution in [2.24, 2.45) is 0 Å². The number of Topliss-reactive ketones (excluding diaryl/α,β-unsaturated/α-hetero) is 4. The van der Waals surface area contributed by atoms with Crippen LogP contribution in [0.4, 0.5) is 5.69 Å². The van der Waals surface area contributed by atoms with Gasteiger partial charge in [-0.15, -0.1) is 0 Å². The van der Waals surface area contributed by atoms with Crippen LogP contribution in [0.1, 0.15) is 47.0 Å². The van der Waals surface area contributed by atoms with Crippen LogP contribution in [0.3, 0.4) is 0 Å². The zero-order valence-corrected chi connectivity index (χ0v) is 18.3. The molecule has 0 saturated carbocycles. The van der Waals surface area contributed by atoms with Crippen molar-refractivity contribution in [3.8, 4) is 0 Å². The lowest BCUT2D eigenvalue weighted by Crippen LogP contribution is -2.63. The molecule has 7 heteroatoms. The topological polar surface area (TPSA) is 97.8 Å². The second kappa shape index (κ2) is 6.07. The molecule has 3 aromatic rings. The lowest BCUT2D eigenvalue weighted by Gasteiger charge is -2.36. The van der Waals surface area contributed by atoms with Gasteiger partial charge in [-0.05, 0) is 6.07 Å².